The fourth-order valence-electron chi connectivity index (χ4n) is 4.09. The zero-order valence-corrected chi connectivity index (χ0v) is 20.6. The summed E-state index contributed by atoms with van der Waals surface area (Å²) in [5.74, 6) is 0.847. The van der Waals surface area contributed by atoms with Gasteiger partial charge >= 0.3 is 0 Å². The highest BCUT2D eigenvalue weighted by atomic mass is 35.5. The number of sulfonamides is 1. The van der Waals surface area contributed by atoms with Crippen LogP contribution in [-0.4, -0.2) is 55.5 Å². The predicted molar refractivity (Wildman–Crippen MR) is 129 cm³/mol. The van der Waals surface area contributed by atoms with Gasteiger partial charge in [-0.2, -0.15) is 9.29 Å². The van der Waals surface area contributed by atoms with Crippen LogP contribution in [0.25, 0.3) is 0 Å². The molecule has 0 amide bonds. The predicted octanol–water partition coefficient (Wildman–Crippen LogP) is 3.95. The molecule has 11 heteroatoms. The van der Waals surface area contributed by atoms with Crippen LogP contribution in [0.4, 0.5) is 10.3 Å². The van der Waals surface area contributed by atoms with Crippen molar-refractivity contribution in [2.45, 2.75) is 24.8 Å². The van der Waals surface area contributed by atoms with Crippen LogP contribution in [-0.2, 0) is 27.7 Å². The third-order valence-corrected chi connectivity index (χ3v) is 8.18. The molecule has 8 nitrogen and oxygen atoms in total. The molecule has 0 unspecified atom stereocenters. The Morgan fingerprint density at radius 1 is 1.06 bits per heavy atom. The lowest BCUT2D eigenvalue weighted by Crippen LogP contribution is -2.39. The number of nitrogens with zero attached hydrogens (tertiary/aromatic N) is 4. The quantitative estimate of drug-likeness (QED) is 0.505. The molecular weight excluding hydrogens is 495 g/mol. The van der Waals surface area contributed by atoms with Crippen LogP contribution in [0.1, 0.15) is 16.8 Å². The highest BCUT2D eigenvalue weighted by molar-refractivity contribution is 7.89. The number of ether oxygens (including phenoxy) is 2. The fraction of sp³-hybridized carbons (Fsp3) is 0.333. The molecule has 0 saturated carbocycles. The summed E-state index contributed by atoms with van der Waals surface area (Å²) in [5.41, 5.74) is 1.76. The SMILES string of the molecule is Cc1cc(Oc2nc(N3CCOCC3)nc3c2CN(S(=O)(=O)c2ccc(Cl)cc2)CC3)ccc1F. The van der Waals surface area contributed by atoms with Gasteiger partial charge in [-0.25, -0.2) is 17.8 Å². The van der Waals surface area contributed by atoms with Crippen molar-refractivity contribution in [3.63, 3.8) is 0 Å². The van der Waals surface area contributed by atoms with Crippen LogP contribution < -0.4 is 9.64 Å². The molecule has 1 saturated heterocycles. The lowest BCUT2D eigenvalue weighted by molar-refractivity contribution is 0.122. The first-order valence-electron chi connectivity index (χ1n) is 11.2. The lowest BCUT2D eigenvalue weighted by atomic mass is 10.1. The number of benzene rings is 2. The van der Waals surface area contributed by atoms with Crippen molar-refractivity contribution in [2.75, 3.05) is 37.7 Å². The van der Waals surface area contributed by atoms with Gasteiger partial charge in [0.1, 0.15) is 11.6 Å². The first-order chi connectivity index (χ1) is 16.8. The van der Waals surface area contributed by atoms with Crippen molar-refractivity contribution in [1.82, 2.24) is 14.3 Å². The summed E-state index contributed by atoms with van der Waals surface area (Å²) in [7, 11) is -3.77. The van der Waals surface area contributed by atoms with Crippen molar-refractivity contribution in [1.29, 1.82) is 0 Å². The fourth-order valence-corrected chi connectivity index (χ4v) is 5.62. The van der Waals surface area contributed by atoms with E-state index in [1.807, 2.05) is 4.90 Å². The maximum Gasteiger partial charge on any atom is 0.243 e. The second-order valence-electron chi connectivity index (χ2n) is 8.41. The molecule has 0 N–H and O–H groups in total. The number of aryl methyl sites for hydroxylation is 1. The second-order valence-corrected chi connectivity index (χ2v) is 10.8. The Morgan fingerprint density at radius 3 is 2.51 bits per heavy atom. The van der Waals surface area contributed by atoms with E-state index in [0.29, 0.717) is 60.6 Å². The van der Waals surface area contributed by atoms with Gasteiger partial charge in [0.2, 0.25) is 21.9 Å². The average Bonchev–Trinajstić information content (AvgIpc) is 2.86. The summed E-state index contributed by atoms with van der Waals surface area (Å²) < 4.78 is 53.4. The summed E-state index contributed by atoms with van der Waals surface area (Å²) in [5, 5.41) is 0.460. The molecule has 2 aromatic carbocycles. The van der Waals surface area contributed by atoms with E-state index in [2.05, 4.69) is 4.98 Å². The van der Waals surface area contributed by atoms with Crippen molar-refractivity contribution < 1.29 is 22.3 Å². The van der Waals surface area contributed by atoms with Crippen LogP contribution in [0, 0.1) is 12.7 Å². The molecule has 184 valence electrons. The number of hydrogen-bond donors (Lipinski definition) is 0. The van der Waals surface area contributed by atoms with Crippen LogP contribution >= 0.6 is 11.6 Å². The van der Waals surface area contributed by atoms with Gasteiger partial charge in [0, 0.05) is 37.6 Å². The summed E-state index contributed by atoms with van der Waals surface area (Å²) in [6.07, 6.45) is 0.404. The Kier molecular flexibility index (Phi) is 6.63. The van der Waals surface area contributed by atoms with Gasteiger partial charge in [-0.1, -0.05) is 11.6 Å². The van der Waals surface area contributed by atoms with Crippen LogP contribution in [0.5, 0.6) is 11.6 Å². The number of hydrogen-bond acceptors (Lipinski definition) is 7. The van der Waals surface area contributed by atoms with E-state index in [4.69, 9.17) is 26.1 Å². The third-order valence-electron chi connectivity index (χ3n) is 6.06. The molecule has 5 rings (SSSR count). The van der Waals surface area contributed by atoms with E-state index in [-0.39, 0.29) is 29.7 Å². The summed E-state index contributed by atoms with van der Waals surface area (Å²) in [6.45, 7) is 4.40. The van der Waals surface area contributed by atoms with Crippen molar-refractivity contribution in [2.24, 2.45) is 0 Å². The van der Waals surface area contributed by atoms with E-state index < -0.39 is 10.0 Å². The van der Waals surface area contributed by atoms with Crippen LogP contribution in [0.3, 0.4) is 0 Å². The first-order valence-corrected chi connectivity index (χ1v) is 13.1. The molecule has 1 aromatic heterocycles. The van der Waals surface area contributed by atoms with Crippen molar-refractivity contribution in [3.8, 4) is 11.6 Å². The molecule has 35 heavy (non-hydrogen) atoms. The van der Waals surface area contributed by atoms with E-state index in [1.54, 1.807) is 25.1 Å². The van der Waals surface area contributed by atoms with Crippen LogP contribution in [0.15, 0.2) is 47.4 Å². The number of rotatable bonds is 5. The maximum atomic E-state index is 13.8. The molecule has 1 fully saturated rings. The molecule has 0 spiro atoms. The van der Waals surface area contributed by atoms with E-state index in [9.17, 15) is 12.8 Å². The molecule has 0 aliphatic carbocycles. The first kappa shape index (κ1) is 23.9. The van der Waals surface area contributed by atoms with Crippen molar-refractivity contribution >= 4 is 27.6 Å². The number of morpholine rings is 1. The highest BCUT2D eigenvalue weighted by Crippen LogP contribution is 2.34. The number of fused-ring (bicyclic) bond motifs is 1. The minimum absolute atomic E-state index is 0.0548. The normalized spacial score (nSPS) is 16.7. The second kappa shape index (κ2) is 9.69. The molecule has 0 radical (unpaired) electrons. The average molecular weight is 519 g/mol. The molecule has 3 aromatic rings. The van der Waals surface area contributed by atoms with Gasteiger partial charge in [-0.05, 0) is 55.0 Å². The molecular formula is C24H24ClFN4O4S. The molecule has 0 bridgehead atoms. The minimum Gasteiger partial charge on any atom is -0.438 e. The zero-order chi connectivity index (χ0) is 24.6. The molecule has 0 atom stereocenters. The van der Waals surface area contributed by atoms with E-state index >= 15 is 0 Å². The van der Waals surface area contributed by atoms with E-state index in [1.165, 1.54) is 28.6 Å². The summed E-state index contributed by atoms with van der Waals surface area (Å²) in [4.78, 5) is 11.6. The van der Waals surface area contributed by atoms with Crippen LogP contribution in [0.2, 0.25) is 5.02 Å². The van der Waals surface area contributed by atoms with Gasteiger partial charge in [-0.15, -0.1) is 0 Å². The van der Waals surface area contributed by atoms with Gasteiger partial charge < -0.3 is 14.4 Å². The van der Waals surface area contributed by atoms with Gasteiger partial charge in [0.05, 0.1) is 29.4 Å². The van der Waals surface area contributed by atoms with Gasteiger partial charge in [-0.3, -0.25) is 0 Å². The monoisotopic (exact) mass is 518 g/mol. The van der Waals surface area contributed by atoms with Gasteiger partial charge in [0.15, 0.2) is 0 Å². The number of aromatic nitrogens is 2. The van der Waals surface area contributed by atoms with E-state index in [0.717, 1.165) is 5.69 Å². The van der Waals surface area contributed by atoms with Gasteiger partial charge in [0.25, 0.3) is 0 Å². The Hall–Kier alpha value is -2.79. The zero-order valence-electron chi connectivity index (χ0n) is 19.1. The smallest absolute Gasteiger partial charge is 0.243 e. The number of halogens is 2. The Morgan fingerprint density at radius 2 is 1.80 bits per heavy atom. The Labute approximate surface area is 208 Å². The molecule has 2 aliphatic rings. The molecule has 2 aliphatic heterocycles. The summed E-state index contributed by atoms with van der Waals surface area (Å²) in [6, 6.07) is 10.5. The third kappa shape index (κ3) is 4.97. The maximum absolute atomic E-state index is 13.8. The Bertz CT molecular complexity index is 1350. The largest absolute Gasteiger partial charge is 0.438 e. The lowest BCUT2D eigenvalue weighted by Gasteiger charge is -2.31. The Balaban J connectivity index is 1.52. The van der Waals surface area contributed by atoms with Crippen molar-refractivity contribution in [3.05, 3.63) is 70.1 Å². The minimum atomic E-state index is -3.77. The standard InChI is InChI=1S/C24H24ClFN4O4S/c1-16-14-18(4-7-21(16)26)34-23-20-15-30(35(31,32)19-5-2-17(25)3-6-19)9-8-22(20)27-24(28-23)29-10-12-33-13-11-29/h2-7,14H,8-13,15H2,1H3. The summed E-state index contributed by atoms with van der Waals surface area (Å²) >= 11 is 5.94. The molecule has 3 heterocycles. The topological polar surface area (TPSA) is 84.9 Å². The number of anilines is 1. The highest BCUT2D eigenvalue weighted by Gasteiger charge is 2.32.